The number of benzene rings is 2. The molecule has 2 aromatic carbocycles. The van der Waals surface area contributed by atoms with Crippen LogP contribution in [0.25, 0.3) is 5.65 Å². The minimum absolute atomic E-state index is 0.00604. The summed E-state index contributed by atoms with van der Waals surface area (Å²) in [6, 6.07) is 10.5. The zero-order valence-electron chi connectivity index (χ0n) is 20.1. The van der Waals surface area contributed by atoms with Crippen molar-refractivity contribution in [3.63, 3.8) is 0 Å². The van der Waals surface area contributed by atoms with Gasteiger partial charge in [0.05, 0.1) is 5.56 Å². The second-order valence-electron chi connectivity index (χ2n) is 8.62. The highest BCUT2D eigenvalue weighted by molar-refractivity contribution is 6.04. The Kier molecular flexibility index (Phi) is 6.82. The third-order valence-corrected chi connectivity index (χ3v) is 5.72. The fourth-order valence-electron chi connectivity index (χ4n) is 3.80. The Morgan fingerprint density at radius 2 is 1.66 bits per heavy atom. The fraction of sp³-hybridized carbons (Fsp3) is 0.200. The maximum absolute atomic E-state index is 12.7. The van der Waals surface area contributed by atoms with Crippen molar-refractivity contribution in [3.8, 4) is 0 Å². The van der Waals surface area contributed by atoms with Gasteiger partial charge in [0, 0.05) is 44.2 Å². The van der Waals surface area contributed by atoms with Crippen LogP contribution in [0, 0.1) is 0 Å². The summed E-state index contributed by atoms with van der Waals surface area (Å²) in [6.07, 6.45) is -1.37. The standard InChI is InChI=1S/C25H22F3N5O5/c1-32(2)21-19(24(37,38)23(35)36)20-29-11-12-33(20)18(31-21)13-14-3-9-17(10-4-14)30-22(34)15-5-7-16(8-6-15)25(26,27)28/h3-12,37-38H,13H2,1-2H3,(H,30,34)(H,35,36). The molecule has 4 rings (SSSR count). The number of carboxylic acid groups (broad SMARTS) is 1. The highest BCUT2D eigenvalue weighted by Gasteiger charge is 2.42. The van der Waals surface area contributed by atoms with Crippen LogP contribution in [0.2, 0.25) is 0 Å². The number of aliphatic carboxylic acids is 1. The number of carboxylic acids is 1. The minimum Gasteiger partial charge on any atom is -0.477 e. The Labute approximate surface area is 213 Å². The van der Waals surface area contributed by atoms with E-state index < -0.39 is 29.4 Å². The molecule has 1 amide bonds. The van der Waals surface area contributed by atoms with Crippen LogP contribution in [0.5, 0.6) is 0 Å². The first-order valence-corrected chi connectivity index (χ1v) is 11.1. The van der Waals surface area contributed by atoms with Gasteiger partial charge in [-0.25, -0.2) is 14.8 Å². The third kappa shape index (κ3) is 5.14. The number of aromatic nitrogens is 3. The van der Waals surface area contributed by atoms with Crippen LogP contribution in [-0.2, 0) is 23.2 Å². The first-order valence-electron chi connectivity index (χ1n) is 11.1. The molecule has 0 aliphatic carbocycles. The number of amides is 1. The molecule has 13 heteroatoms. The lowest BCUT2D eigenvalue weighted by atomic mass is 10.1. The number of carbonyl (C=O) groups is 2. The first-order chi connectivity index (χ1) is 17.8. The van der Waals surface area contributed by atoms with E-state index in [-0.39, 0.29) is 29.0 Å². The van der Waals surface area contributed by atoms with E-state index in [4.69, 9.17) is 0 Å². The molecule has 2 aromatic heterocycles. The molecule has 0 saturated heterocycles. The van der Waals surface area contributed by atoms with Gasteiger partial charge in [0.2, 0.25) is 0 Å². The molecule has 0 spiro atoms. The van der Waals surface area contributed by atoms with Crippen molar-refractivity contribution < 1.29 is 38.1 Å². The molecule has 38 heavy (non-hydrogen) atoms. The number of alkyl halides is 3. The van der Waals surface area contributed by atoms with Crippen molar-refractivity contribution in [2.24, 2.45) is 0 Å². The van der Waals surface area contributed by atoms with Crippen LogP contribution >= 0.6 is 0 Å². The van der Waals surface area contributed by atoms with Crippen LogP contribution in [0.1, 0.15) is 32.9 Å². The molecule has 0 saturated carbocycles. The molecule has 0 atom stereocenters. The summed E-state index contributed by atoms with van der Waals surface area (Å²) in [6.45, 7) is 0. The van der Waals surface area contributed by atoms with E-state index in [1.54, 1.807) is 38.4 Å². The SMILES string of the molecule is CN(C)c1nc(Cc2ccc(NC(=O)c3ccc(C(F)(F)F)cc3)cc2)n2ccnc2c1C(O)(O)C(=O)O. The van der Waals surface area contributed by atoms with Crippen LogP contribution in [0.4, 0.5) is 24.7 Å². The number of anilines is 2. The zero-order valence-corrected chi connectivity index (χ0v) is 20.1. The van der Waals surface area contributed by atoms with Gasteiger partial charge >= 0.3 is 12.1 Å². The van der Waals surface area contributed by atoms with E-state index in [1.165, 1.54) is 21.7 Å². The quantitative estimate of drug-likeness (QED) is 0.268. The van der Waals surface area contributed by atoms with Gasteiger partial charge in [-0.3, -0.25) is 9.20 Å². The summed E-state index contributed by atoms with van der Waals surface area (Å²) < 4.78 is 39.7. The number of hydrogen-bond acceptors (Lipinski definition) is 7. The fourth-order valence-corrected chi connectivity index (χ4v) is 3.80. The van der Waals surface area contributed by atoms with Crippen LogP contribution in [0.15, 0.2) is 60.9 Å². The van der Waals surface area contributed by atoms with E-state index in [1.807, 2.05) is 0 Å². The molecule has 198 valence electrons. The van der Waals surface area contributed by atoms with Crippen molar-refractivity contribution in [1.29, 1.82) is 0 Å². The number of nitrogens with one attached hydrogen (secondary N) is 1. The molecule has 4 N–H and O–H groups in total. The lowest BCUT2D eigenvalue weighted by Gasteiger charge is -2.24. The first kappa shape index (κ1) is 26.6. The lowest BCUT2D eigenvalue weighted by Crippen LogP contribution is -2.38. The zero-order chi connectivity index (χ0) is 27.8. The summed E-state index contributed by atoms with van der Waals surface area (Å²) in [7, 11) is 3.14. The highest BCUT2D eigenvalue weighted by atomic mass is 19.4. The summed E-state index contributed by atoms with van der Waals surface area (Å²) >= 11 is 0. The maximum Gasteiger partial charge on any atom is 0.416 e. The molecule has 0 aliphatic heterocycles. The maximum atomic E-state index is 12.7. The van der Waals surface area contributed by atoms with Crippen molar-refractivity contribution in [2.75, 3.05) is 24.3 Å². The number of aliphatic hydroxyl groups is 2. The van der Waals surface area contributed by atoms with E-state index in [0.717, 1.165) is 29.8 Å². The molecule has 10 nitrogen and oxygen atoms in total. The van der Waals surface area contributed by atoms with Crippen molar-refractivity contribution >= 4 is 29.0 Å². The summed E-state index contributed by atoms with van der Waals surface area (Å²) in [5, 5.41) is 32.5. The Balaban J connectivity index is 1.57. The van der Waals surface area contributed by atoms with Crippen LogP contribution in [-0.4, -0.2) is 55.7 Å². The number of halogens is 3. The monoisotopic (exact) mass is 529 g/mol. The van der Waals surface area contributed by atoms with Crippen molar-refractivity contribution in [2.45, 2.75) is 18.4 Å². The van der Waals surface area contributed by atoms with Gasteiger partial charge in [-0.05, 0) is 42.0 Å². The normalized spacial score (nSPS) is 12.0. The average molecular weight is 529 g/mol. The molecule has 0 radical (unpaired) electrons. The van der Waals surface area contributed by atoms with Gasteiger partial charge in [-0.15, -0.1) is 0 Å². The van der Waals surface area contributed by atoms with Gasteiger partial charge in [0.1, 0.15) is 17.2 Å². The summed E-state index contributed by atoms with van der Waals surface area (Å²) in [4.78, 5) is 34.0. The molecule has 0 aliphatic rings. The van der Waals surface area contributed by atoms with Crippen LogP contribution in [0.3, 0.4) is 0 Å². The number of imidazole rings is 1. The molecule has 0 unspecified atom stereocenters. The molecular formula is C25H22F3N5O5. The van der Waals surface area contributed by atoms with Crippen molar-refractivity contribution in [1.82, 2.24) is 14.4 Å². The Hall–Kier alpha value is -4.49. The van der Waals surface area contributed by atoms with Crippen LogP contribution < -0.4 is 10.2 Å². The van der Waals surface area contributed by atoms with E-state index in [9.17, 15) is 38.1 Å². The molecule has 2 heterocycles. The summed E-state index contributed by atoms with van der Waals surface area (Å²) in [5.74, 6) is -5.26. The largest absolute Gasteiger partial charge is 0.477 e. The Morgan fingerprint density at radius 1 is 1.03 bits per heavy atom. The lowest BCUT2D eigenvalue weighted by molar-refractivity contribution is -0.207. The van der Waals surface area contributed by atoms with E-state index >= 15 is 0 Å². The molecule has 0 bridgehead atoms. The second-order valence-corrected chi connectivity index (χ2v) is 8.62. The molecular weight excluding hydrogens is 507 g/mol. The van der Waals surface area contributed by atoms with Gasteiger partial charge < -0.3 is 25.5 Å². The number of rotatable bonds is 7. The second kappa shape index (κ2) is 9.76. The Morgan fingerprint density at radius 3 is 2.21 bits per heavy atom. The average Bonchev–Trinajstić information content (AvgIpc) is 3.34. The smallest absolute Gasteiger partial charge is 0.416 e. The van der Waals surface area contributed by atoms with Gasteiger partial charge in [-0.1, -0.05) is 12.1 Å². The Bertz CT molecular complexity index is 1500. The van der Waals surface area contributed by atoms with Gasteiger partial charge in [-0.2, -0.15) is 13.2 Å². The van der Waals surface area contributed by atoms with Gasteiger partial charge in [0.15, 0.2) is 5.65 Å². The molecule has 4 aromatic rings. The number of nitrogens with zero attached hydrogens (tertiary/aromatic N) is 4. The number of carbonyl (C=O) groups excluding carboxylic acids is 1. The number of hydrogen-bond donors (Lipinski definition) is 4. The van der Waals surface area contributed by atoms with Crippen molar-refractivity contribution in [3.05, 3.63) is 89.0 Å². The topological polar surface area (TPSA) is 140 Å². The minimum atomic E-state index is -4.49. The van der Waals surface area contributed by atoms with E-state index in [0.29, 0.717) is 11.5 Å². The third-order valence-electron chi connectivity index (χ3n) is 5.72. The number of fused-ring (bicyclic) bond motifs is 1. The highest BCUT2D eigenvalue weighted by Crippen LogP contribution is 2.32. The predicted octanol–water partition coefficient (Wildman–Crippen LogP) is 2.88. The van der Waals surface area contributed by atoms with Gasteiger partial charge in [0.25, 0.3) is 11.7 Å². The predicted molar refractivity (Wildman–Crippen MR) is 130 cm³/mol. The van der Waals surface area contributed by atoms with E-state index in [2.05, 4.69) is 15.3 Å². The summed E-state index contributed by atoms with van der Waals surface area (Å²) in [5.41, 5.74) is -0.00604. The molecule has 0 fully saturated rings.